The molecule has 0 aliphatic rings. The van der Waals surface area contributed by atoms with Gasteiger partial charge in [0.25, 0.3) is 0 Å². The molecule has 0 spiro atoms. The fourth-order valence-electron chi connectivity index (χ4n) is 7.44. The first kappa shape index (κ1) is 35.1. The molecule has 9 aromatic rings. The molecule has 0 aliphatic heterocycles. The van der Waals surface area contributed by atoms with Crippen LogP contribution in [0.5, 0.6) is 0 Å². The first-order valence-corrected chi connectivity index (χ1v) is 19.4. The minimum atomic E-state index is 1.08. The molecule has 0 aliphatic carbocycles. The number of para-hydroxylation sites is 4. The van der Waals surface area contributed by atoms with Crippen LogP contribution in [0, 0.1) is 0 Å². The number of benzene rings is 9. The van der Waals surface area contributed by atoms with Crippen molar-refractivity contribution in [3.05, 3.63) is 249 Å². The Morgan fingerprint density at radius 2 is 0.298 bits per heavy atom. The molecule has 0 radical (unpaired) electrons. The SMILES string of the molecule is c1ccc(-c2ccc(N(c3ccccc3)c3ccc(N(c4ccccc4)c4ccc(-c5ccc(N(c6ccccc6)c6ccccc6)cc5)cc4)cc3)cc2)cc1. The summed E-state index contributed by atoms with van der Waals surface area (Å²) >= 11 is 0. The molecule has 0 saturated heterocycles. The van der Waals surface area contributed by atoms with Crippen molar-refractivity contribution in [3.63, 3.8) is 0 Å². The number of hydrogen-bond donors (Lipinski definition) is 0. The van der Waals surface area contributed by atoms with E-state index in [0.717, 1.165) is 56.7 Å². The Labute approximate surface area is 335 Å². The Hall–Kier alpha value is -7.62. The molecular weight excluding hydrogens is 691 g/mol. The number of anilines is 9. The Balaban J connectivity index is 1.01. The van der Waals surface area contributed by atoms with Gasteiger partial charge in [0.1, 0.15) is 0 Å². The minimum Gasteiger partial charge on any atom is -0.311 e. The van der Waals surface area contributed by atoms with Gasteiger partial charge in [0.05, 0.1) is 0 Å². The fourth-order valence-corrected chi connectivity index (χ4v) is 7.44. The van der Waals surface area contributed by atoms with Crippen LogP contribution in [0.1, 0.15) is 0 Å². The van der Waals surface area contributed by atoms with Crippen LogP contribution in [0.3, 0.4) is 0 Å². The standard InChI is InChI=1S/C54H41N3/c1-6-16-42(17-7-1)43-26-32-51(33-27-43)56(48-22-12-4-13-23-48)53-38-40-54(41-39-53)57(49-24-14-5-15-25-49)52-36-30-45(31-37-52)44-28-34-50(35-29-44)55(46-18-8-2-9-19-46)47-20-10-3-11-21-47/h1-41H. The summed E-state index contributed by atoms with van der Waals surface area (Å²) in [5.41, 5.74) is 14.7. The molecule has 0 saturated carbocycles. The van der Waals surface area contributed by atoms with Crippen LogP contribution in [0.2, 0.25) is 0 Å². The molecule has 0 bridgehead atoms. The molecule has 272 valence electrons. The summed E-state index contributed by atoms with van der Waals surface area (Å²) in [4.78, 5) is 6.91. The van der Waals surface area contributed by atoms with Crippen molar-refractivity contribution in [2.75, 3.05) is 14.7 Å². The smallest absolute Gasteiger partial charge is 0.0463 e. The van der Waals surface area contributed by atoms with E-state index in [4.69, 9.17) is 0 Å². The van der Waals surface area contributed by atoms with Gasteiger partial charge < -0.3 is 14.7 Å². The molecule has 57 heavy (non-hydrogen) atoms. The van der Waals surface area contributed by atoms with Crippen LogP contribution in [-0.2, 0) is 0 Å². The van der Waals surface area contributed by atoms with Gasteiger partial charge in [0.2, 0.25) is 0 Å². The molecule has 0 atom stereocenters. The molecule has 0 heterocycles. The number of rotatable bonds is 11. The average Bonchev–Trinajstić information content (AvgIpc) is 3.30. The van der Waals surface area contributed by atoms with Crippen LogP contribution in [0.15, 0.2) is 249 Å². The molecule has 9 aromatic carbocycles. The molecule has 3 heteroatoms. The van der Waals surface area contributed by atoms with Crippen molar-refractivity contribution in [3.8, 4) is 22.3 Å². The third-order valence-electron chi connectivity index (χ3n) is 10.2. The molecular formula is C54H41N3. The van der Waals surface area contributed by atoms with Crippen LogP contribution in [0.25, 0.3) is 22.3 Å². The summed E-state index contributed by atoms with van der Waals surface area (Å²) in [7, 11) is 0. The van der Waals surface area contributed by atoms with E-state index in [9.17, 15) is 0 Å². The Morgan fingerprint density at radius 3 is 0.526 bits per heavy atom. The zero-order chi connectivity index (χ0) is 38.2. The number of nitrogens with zero attached hydrogens (tertiary/aromatic N) is 3. The molecule has 0 aromatic heterocycles. The second-order valence-corrected chi connectivity index (χ2v) is 13.9. The van der Waals surface area contributed by atoms with Crippen molar-refractivity contribution in [2.24, 2.45) is 0 Å². The van der Waals surface area contributed by atoms with Gasteiger partial charge in [-0.1, -0.05) is 140 Å². The van der Waals surface area contributed by atoms with Gasteiger partial charge in [-0.15, -0.1) is 0 Å². The van der Waals surface area contributed by atoms with E-state index < -0.39 is 0 Å². The van der Waals surface area contributed by atoms with E-state index in [1.807, 2.05) is 0 Å². The van der Waals surface area contributed by atoms with Gasteiger partial charge in [-0.3, -0.25) is 0 Å². The van der Waals surface area contributed by atoms with Crippen LogP contribution in [-0.4, -0.2) is 0 Å². The largest absolute Gasteiger partial charge is 0.311 e. The fraction of sp³-hybridized carbons (Fsp3) is 0. The lowest BCUT2D eigenvalue weighted by atomic mass is 10.0. The van der Waals surface area contributed by atoms with Crippen molar-refractivity contribution < 1.29 is 0 Å². The maximum Gasteiger partial charge on any atom is 0.0463 e. The predicted octanol–water partition coefficient (Wildman–Crippen LogP) is 15.4. The molecule has 3 nitrogen and oxygen atoms in total. The van der Waals surface area contributed by atoms with Crippen molar-refractivity contribution in [1.82, 2.24) is 0 Å². The minimum absolute atomic E-state index is 1.08. The van der Waals surface area contributed by atoms with Crippen molar-refractivity contribution >= 4 is 51.2 Å². The molecule has 0 unspecified atom stereocenters. The summed E-state index contributed by atoms with van der Waals surface area (Å²) in [5.74, 6) is 0. The first-order chi connectivity index (χ1) is 28.3. The third kappa shape index (κ3) is 7.68. The highest BCUT2D eigenvalue weighted by atomic mass is 15.2. The summed E-state index contributed by atoms with van der Waals surface area (Å²) in [6.07, 6.45) is 0. The lowest BCUT2D eigenvalue weighted by Gasteiger charge is -2.28. The van der Waals surface area contributed by atoms with Gasteiger partial charge in [0, 0.05) is 51.2 Å². The molecule has 0 amide bonds. The monoisotopic (exact) mass is 731 g/mol. The summed E-state index contributed by atoms with van der Waals surface area (Å²) in [5, 5.41) is 0. The molecule has 0 N–H and O–H groups in total. The number of hydrogen-bond acceptors (Lipinski definition) is 3. The average molecular weight is 732 g/mol. The van der Waals surface area contributed by atoms with Gasteiger partial charge in [-0.25, -0.2) is 0 Å². The highest BCUT2D eigenvalue weighted by Crippen LogP contribution is 2.41. The van der Waals surface area contributed by atoms with Crippen LogP contribution in [0.4, 0.5) is 51.2 Å². The zero-order valence-electron chi connectivity index (χ0n) is 31.5. The lowest BCUT2D eigenvalue weighted by Crippen LogP contribution is -2.12. The lowest BCUT2D eigenvalue weighted by molar-refractivity contribution is 1.26. The van der Waals surface area contributed by atoms with E-state index >= 15 is 0 Å². The summed E-state index contributed by atoms with van der Waals surface area (Å²) in [6, 6.07) is 88.1. The normalized spacial score (nSPS) is 10.8. The summed E-state index contributed by atoms with van der Waals surface area (Å²) < 4.78 is 0. The highest BCUT2D eigenvalue weighted by Gasteiger charge is 2.17. The topological polar surface area (TPSA) is 9.72 Å². The Bertz CT molecular complexity index is 2570. The van der Waals surface area contributed by atoms with Gasteiger partial charge in [0.15, 0.2) is 0 Å². The Morgan fingerprint density at radius 1 is 0.140 bits per heavy atom. The quantitative estimate of drug-likeness (QED) is 0.131. The van der Waals surface area contributed by atoms with E-state index in [2.05, 4.69) is 263 Å². The zero-order valence-corrected chi connectivity index (χ0v) is 31.5. The van der Waals surface area contributed by atoms with Crippen molar-refractivity contribution in [1.29, 1.82) is 0 Å². The van der Waals surface area contributed by atoms with E-state index in [1.54, 1.807) is 0 Å². The van der Waals surface area contributed by atoms with Gasteiger partial charge in [-0.05, 0) is 131 Å². The van der Waals surface area contributed by atoms with Crippen LogP contribution < -0.4 is 14.7 Å². The van der Waals surface area contributed by atoms with Gasteiger partial charge >= 0.3 is 0 Å². The predicted molar refractivity (Wildman–Crippen MR) is 241 cm³/mol. The van der Waals surface area contributed by atoms with Gasteiger partial charge in [-0.2, -0.15) is 0 Å². The molecule has 0 fully saturated rings. The second kappa shape index (κ2) is 16.4. The molecule has 9 rings (SSSR count). The van der Waals surface area contributed by atoms with E-state index in [-0.39, 0.29) is 0 Å². The van der Waals surface area contributed by atoms with Crippen LogP contribution >= 0.6 is 0 Å². The van der Waals surface area contributed by atoms with E-state index in [1.165, 1.54) is 16.7 Å². The second-order valence-electron chi connectivity index (χ2n) is 13.9. The maximum absolute atomic E-state index is 2.32. The summed E-state index contributed by atoms with van der Waals surface area (Å²) in [6.45, 7) is 0. The third-order valence-corrected chi connectivity index (χ3v) is 10.2. The first-order valence-electron chi connectivity index (χ1n) is 19.4. The highest BCUT2D eigenvalue weighted by molar-refractivity contribution is 5.83. The Kier molecular flexibility index (Phi) is 10.1. The maximum atomic E-state index is 2.32. The van der Waals surface area contributed by atoms with Crippen molar-refractivity contribution in [2.45, 2.75) is 0 Å². The van der Waals surface area contributed by atoms with E-state index in [0.29, 0.717) is 0 Å².